The molecule has 0 spiro atoms. The van der Waals surface area contributed by atoms with Crippen molar-refractivity contribution in [2.45, 2.75) is 12.8 Å². The van der Waals surface area contributed by atoms with Gasteiger partial charge < -0.3 is 9.90 Å². The maximum Gasteiger partial charge on any atom is 0.124 e. The van der Waals surface area contributed by atoms with E-state index in [1.807, 2.05) is 60.7 Å². The molecule has 0 aliphatic heterocycles. The van der Waals surface area contributed by atoms with Crippen LogP contribution in [0.25, 0.3) is 0 Å². The predicted molar refractivity (Wildman–Crippen MR) is 73.4 cm³/mol. The van der Waals surface area contributed by atoms with Gasteiger partial charge in [-0.25, -0.2) is 0 Å². The Morgan fingerprint density at radius 2 is 1.33 bits per heavy atom. The van der Waals surface area contributed by atoms with Crippen LogP contribution in [0.15, 0.2) is 60.7 Å². The molecule has 0 aliphatic carbocycles. The third-order valence-corrected chi connectivity index (χ3v) is 2.41. The molecule has 2 aromatic carbocycles. The number of aliphatic hydroxyl groups is 1. The van der Waals surface area contributed by atoms with Crippen LogP contribution in [-0.4, -0.2) is 18.0 Å². The number of carbonyl (C=O) groups excluding carboxylic acids is 1. The van der Waals surface area contributed by atoms with Gasteiger partial charge in [-0.1, -0.05) is 60.7 Å². The van der Waals surface area contributed by atoms with Crippen molar-refractivity contribution in [2.24, 2.45) is 0 Å². The topological polar surface area (TPSA) is 37.3 Å². The molecule has 0 bridgehead atoms. The van der Waals surface area contributed by atoms with Crippen LogP contribution in [0.1, 0.15) is 11.1 Å². The van der Waals surface area contributed by atoms with Crippen molar-refractivity contribution in [3.05, 3.63) is 71.8 Å². The Kier molecular flexibility index (Phi) is 7.17. The van der Waals surface area contributed by atoms with E-state index in [1.165, 1.54) is 5.56 Å². The lowest BCUT2D eigenvalue weighted by Crippen LogP contribution is -1.88. The van der Waals surface area contributed by atoms with E-state index in [0.29, 0.717) is 6.42 Å². The summed E-state index contributed by atoms with van der Waals surface area (Å²) in [6, 6.07) is 19.6. The van der Waals surface area contributed by atoms with Gasteiger partial charge in [0.05, 0.1) is 0 Å². The fourth-order valence-corrected chi connectivity index (χ4v) is 1.48. The van der Waals surface area contributed by atoms with E-state index in [0.717, 1.165) is 18.3 Å². The minimum absolute atomic E-state index is 0.240. The number of aliphatic hydroxyl groups excluding tert-OH is 1. The molecule has 0 radical (unpaired) electrons. The lowest BCUT2D eigenvalue weighted by molar-refractivity contribution is -0.107. The first-order chi connectivity index (χ1) is 8.86. The third kappa shape index (κ3) is 5.97. The van der Waals surface area contributed by atoms with Crippen LogP contribution in [0.3, 0.4) is 0 Å². The summed E-state index contributed by atoms with van der Waals surface area (Å²) in [6.07, 6.45) is 2.21. The molecular weight excluding hydrogens is 224 g/mol. The van der Waals surface area contributed by atoms with E-state index in [2.05, 4.69) is 0 Å². The van der Waals surface area contributed by atoms with E-state index in [4.69, 9.17) is 5.11 Å². The van der Waals surface area contributed by atoms with Crippen LogP contribution in [0.5, 0.6) is 0 Å². The maximum atomic E-state index is 9.97. The first-order valence-corrected chi connectivity index (χ1v) is 5.99. The summed E-state index contributed by atoms with van der Waals surface area (Å²) < 4.78 is 0. The van der Waals surface area contributed by atoms with E-state index in [-0.39, 0.29) is 6.61 Å². The van der Waals surface area contributed by atoms with Gasteiger partial charge in [0.25, 0.3) is 0 Å². The summed E-state index contributed by atoms with van der Waals surface area (Å²) in [6.45, 7) is 0.240. The molecule has 94 valence electrons. The van der Waals surface area contributed by atoms with Gasteiger partial charge in [0, 0.05) is 13.0 Å². The molecule has 2 rings (SSSR count). The Bertz CT molecular complexity index is 423. The van der Waals surface area contributed by atoms with Crippen molar-refractivity contribution < 1.29 is 9.90 Å². The predicted octanol–water partition coefficient (Wildman–Crippen LogP) is 2.65. The molecule has 0 heterocycles. The van der Waals surface area contributed by atoms with Crippen LogP contribution in [-0.2, 0) is 17.6 Å². The van der Waals surface area contributed by atoms with Crippen molar-refractivity contribution in [3.8, 4) is 0 Å². The summed E-state index contributed by atoms with van der Waals surface area (Å²) in [7, 11) is 0. The molecule has 2 heteroatoms. The highest BCUT2D eigenvalue weighted by molar-refractivity contribution is 5.54. The lowest BCUT2D eigenvalue weighted by Gasteiger charge is -1.93. The monoisotopic (exact) mass is 242 g/mol. The van der Waals surface area contributed by atoms with Gasteiger partial charge in [0.2, 0.25) is 0 Å². The molecule has 0 amide bonds. The molecular formula is C16H18O2. The lowest BCUT2D eigenvalue weighted by atomic mass is 10.2. The molecule has 0 saturated heterocycles. The summed E-state index contributed by atoms with van der Waals surface area (Å²) in [4.78, 5) is 9.97. The Morgan fingerprint density at radius 1 is 0.833 bits per heavy atom. The largest absolute Gasteiger partial charge is 0.396 e. The molecule has 2 aromatic rings. The number of carbonyl (C=O) groups is 1. The molecule has 0 aromatic heterocycles. The second-order valence-electron chi connectivity index (χ2n) is 3.82. The van der Waals surface area contributed by atoms with Crippen molar-refractivity contribution in [3.63, 3.8) is 0 Å². The molecule has 0 fully saturated rings. The van der Waals surface area contributed by atoms with E-state index in [9.17, 15) is 4.79 Å². The maximum absolute atomic E-state index is 9.97. The van der Waals surface area contributed by atoms with Gasteiger partial charge >= 0.3 is 0 Å². The Hall–Kier alpha value is -1.93. The average Bonchev–Trinajstić information content (AvgIpc) is 2.43. The van der Waals surface area contributed by atoms with Crippen LogP contribution >= 0.6 is 0 Å². The van der Waals surface area contributed by atoms with E-state index < -0.39 is 0 Å². The zero-order valence-electron chi connectivity index (χ0n) is 10.3. The molecule has 0 aliphatic rings. The Labute approximate surface area is 108 Å². The Morgan fingerprint density at radius 3 is 1.78 bits per heavy atom. The standard InChI is InChI=1S/C8H10O.C8H8O/c2*9-7-6-8-4-2-1-3-5-8/h1-5,9H,6-7H2;1-5,7H,6H2. The minimum Gasteiger partial charge on any atom is -0.396 e. The molecule has 0 unspecified atom stereocenters. The average molecular weight is 242 g/mol. The quantitative estimate of drug-likeness (QED) is 0.837. The fraction of sp³-hybridized carbons (Fsp3) is 0.188. The van der Waals surface area contributed by atoms with E-state index in [1.54, 1.807) is 0 Å². The molecule has 1 N–H and O–H groups in total. The van der Waals surface area contributed by atoms with Crippen molar-refractivity contribution >= 4 is 6.29 Å². The van der Waals surface area contributed by atoms with Gasteiger partial charge in [-0.3, -0.25) is 0 Å². The van der Waals surface area contributed by atoms with Gasteiger partial charge in [0.15, 0.2) is 0 Å². The van der Waals surface area contributed by atoms with Crippen LogP contribution in [0.4, 0.5) is 0 Å². The Balaban J connectivity index is 0.000000180. The van der Waals surface area contributed by atoms with Gasteiger partial charge in [-0.15, -0.1) is 0 Å². The number of hydrogen-bond donors (Lipinski definition) is 1. The minimum atomic E-state index is 0.240. The van der Waals surface area contributed by atoms with Gasteiger partial charge in [-0.2, -0.15) is 0 Å². The van der Waals surface area contributed by atoms with Crippen molar-refractivity contribution in [1.82, 2.24) is 0 Å². The number of aldehydes is 1. The number of benzene rings is 2. The summed E-state index contributed by atoms with van der Waals surface area (Å²) >= 11 is 0. The molecule has 2 nitrogen and oxygen atoms in total. The number of rotatable bonds is 4. The molecule has 0 saturated carbocycles. The SMILES string of the molecule is O=CCc1ccccc1.OCCc1ccccc1. The summed E-state index contributed by atoms with van der Waals surface area (Å²) in [5, 5.41) is 8.52. The van der Waals surface area contributed by atoms with Crippen LogP contribution in [0.2, 0.25) is 0 Å². The second kappa shape index (κ2) is 9.14. The highest BCUT2D eigenvalue weighted by Crippen LogP contribution is 1.97. The highest BCUT2D eigenvalue weighted by Gasteiger charge is 1.85. The molecule has 0 atom stereocenters. The van der Waals surface area contributed by atoms with Crippen LogP contribution in [0, 0.1) is 0 Å². The highest BCUT2D eigenvalue weighted by atomic mass is 16.2. The van der Waals surface area contributed by atoms with Gasteiger partial charge in [0.1, 0.15) is 6.29 Å². The zero-order valence-corrected chi connectivity index (χ0v) is 10.3. The van der Waals surface area contributed by atoms with E-state index >= 15 is 0 Å². The fourth-order valence-electron chi connectivity index (χ4n) is 1.48. The van der Waals surface area contributed by atoms with Crippen LogP contribution < -0.4 is 0 Å². The zero-order chi connectivity index (χ0) is 13.1. The van der Waals surface area contributed by atoms with Crippen molar-refractivity contribution in [2.75, 3.05) is 6.61 Å². The third-order valence-electron chi connectivity index (χ3n) is 2.41. The first kappa shape index (κ1) is 14.1. The summed E-state index contributed by atoms with van der Waals surface area (Å²) in [5.74, 6) is 0. The normalized spacial score (nSPS) is 9.17. The second-order valence-corrected chi connectivity index (χ2v) is 3.82. The number of hydrogen-bond acceptors (Lipinski definition) is 2. The smallest absolute Gasteiger partial charge is 0.124 e. The summed E-state index contributed by atoms with van der Waals surface area (Å²) in [5.41, 5.74) is 2.27. The first-order valence-electron chi connectivity index (χ1n) is 5.99. The van der Waals surface area contributed by atoms with Gasteiger partial charge in [-0.05, 0) is 17.5 Å². The van der Waals surface area contributed by atoms with Crippen molar-refractivity contribution in [1.29, 1.82) is 0 Å². The molecule has 18 heavy (non-hydrogen) atoms.